The van der Waals surface area contributed by atoms with Crippen molar-refractivity contribution in [1.29, 1.82) is 0 Å². The Hall–Kier alpha value is -1.53. The molecule has 0 radical (unpaired) electrons. The highest BCUT2D eigenvalue weighted by molar-refractivity contribution is 5.94. The molecule has 4 nitrogen and oxygen atoms in total. The lowest BCUT2D eigenvalue weighted by molar-refractivity contribution is 0.0767. The highest BCUT2D eigenvalue weighted by atomic mass is 19.2. The summed E-state index contributed by atoms with van der Waals surface area (Å²) >= 11 is 0. The van der Waals surface area contributed by atoms with E-state index in [1.54, 1.807) is 4.90 Å². The van der Waals surface area contributed by atoms with Crippen molar-refractivity contribution in [3.8, 4) is 0 Å². The molecule has 1 aromatic rings. The van der Waals surface area contributed by atoms with Crippen LogP contribution in [0.2, 0.25) is 0 Å². The van der Waals surface area contributed by atoms with Crippen LogP contribution in [0, 0.1) is 11.6 Å². The molecular weight excluding hydrogens is 276 g/mol. The molecule has 0 aliphatic carbocycles. The standard InChI is InChI=1S/C15H19F2N3O/c16-13-3-1-2-12(14(13)17)15(21)20-7-4-11(10-20)19-8-5-18-6-9-19/h1-3,11,18H,4-10H2. The predicted molar refractivity (Wildman–Crippen MR) is 75.1 cm³/mol. The van der Waals surface area contributed by atoms with Crippen molar-refractivity contribution in [2.45, 2.75) is 12.5 Å². The second kappa shape index (κ2) is 6.07. The topological polar surface area (TPSA) is 35.6 Å². The predicted octanol–water partition coefficient (Wildman–Crippen LogP) is 1.08. The highest BCUT2D eigenvalue weighted by Gasteiger charge is 2.32. The lowest BCUT2D eigenvalue weighted by atomic mass is 10.2. The smallest absolute Gasteiger partial charge is 0.256 e. The van der Waals surface area contributed by atoms with Crippen LogP contribution in [0.5, 0.6) is 0 Å². The fourth-order valence-electron chi connectivity index (χ4n) is 3.11. The fraction of sp³-hybridized carbons (Fsp3) is 0.533. The van der Waals surface area contributed by atoms with E-state index in [9.17, 15) is 13.6 Å². The van der Waals surface area contributed by atoms with E-state index < -0.39 is 17.5 Å². The number of likely N-dealkylation sites (tertiary alicyclic amines) is 1. The van der Waals surface area contributed by atoms with Gasteiger partial charge in [0, 0.05) is 45.3 Å². The largest absolute Gasteiger partial charge is 0.337 e. The molecule has 6 heteroatoms. The zero-order valence-electron chi connectivity index (χ0n) is 11.8. The molecule has 114 valence electrons. The minimum atomic E-state index is -1.05. The van der Waals surface area contributed by atoms with Gasteiger partial charge in [0.25, 0.3) is 5.91 Å². The van der Waals surface area contributed by atoms with E-state index in [4.69, 9.17) is 0 Å². The monoisotopic (exact) mass is 295 g/mol. The Kier molecular flexibility index (Phi) is 4.17. The van der Waals surface area contributed by atoms with Crippen molar-refractivity contribution in [1.82, 2.24) is 15.1 Å². The third-order valence-electron chi connectivity index (χ3n) is 4.30. The third kappa shape index (κ3) is 2.91. The van der Waals surface area contributed by atoms with Crippen LogP contribution < -0.4 is 5.32 Å². The molecule has 2 heterocycles. The molecule has 1 aromatic carbocycles. The molecule has 2 fully saturated rings. The molecule has 21 heavy (non-hydrogen) atoms. The molecule has 0 aromatic heterocycles. The van der Waals surface area contributed by atoms with Crippen molar-refractivity contribution in [2.24, 2.45) is 0 Å². The lowest BCUT2D eigenvalue weighted by Crippen LogP contribution is -2.49. The van der Waals surface area contributed by atoms with E-state index in [-0.39, 0.29) is 5.56 Å². The van der Waals surface area contributed by atoms with Crippen molar-refractivity contribution in [3.05, 3.63) is 35.4 Å². The number of carbonyl (C=O) groups is 1. The molecule has 3 rings (SSSR count). The fourth-order valence-corrected chi connectivity index (χ4v) is 3.11. The Morgan fingerprint density at radius 3 is 2.71 bits per heavy atom. The van der Waals surface area contributed by atoms with E-state index in [1.165, 1.54) is 12.1 Å². The van der Waals surface area contributed by atoms with Crippen molar-refractivity contribution >= 4 is 5.91 Å². The number of halogens is 2. The van der Waals surface area contributed by atoms with E-state index in [0.717, 1.165) is 38.7 Å². The molecule has 0 saturated carbocycles. The third-order valence-corrected chi connectivity index (χ3v) is 4.30. The Bertz CT molecular complexity index is 532. The Morgan fingerprint density at radius 2 is 1.95 bits per heavy atom. The van der Waals surface area contributed by atoms with Gasteiger partial charge in [-0.3, -0.25) is 9.69 Å². The van der Waals surface area contributed by atoms with Crippen molar-refractivity contribution < 1.29 is 13.6 Å². The van der Waals surface area contributed by atoms with Gasteiger partial charge in [0.1, 0.15) is 0 Å². The molecule has 1 amide bonds. The van der Waals surface area contributed by atoms with Gasteiger partial charge < -0.3 is 10.2 Å². The number of hydrogen-bond acceptors (Lipinski definition) is 3. The summed E-state index contributed by atoms with van der Waals surface area (Å²) in [6.45, 7) is 5.06. The molecule has 0 bridgehead atoms. The molecule has 0 spiro atoms. The summed E-state index contributed by atoms with van der Waals surface area (Å²) in [7, 11) is 0. The second-order valence-corrected chi connectivity index (χ2v) is 5.58. The van der Waals surface area contributed by atoms with E-state index in [0.29, 0.717) is 19.1 Å². The van der Waals surface area contributed by atoms with Crippen LogP contribution in [0.15, 0.2) is 18.2 Å². The van der Waals surface area contributed by atoms with Gasteiger partial charge in [-0.1, -0.05) is 6.07 Å². The molecule has 1 atom stereocenters. The summed E-state index contributed by atoms with van der Waals surface area (Å²) in [5, 5.41) is 3.30. The van der Waals surface area contributed by atoms with Crippen LogP contribution >= 0.6 is 0 Å². The van der Waals surface area contributed by atoms with Crippen LogP contribution in [-0.2, 0) is 0 Å². The number of carbonyl (C=O) groups excluding carboxylic acids is 1. The quantitative estimate of drug-likeness (QED) is 0.887. The van der Waals surface area contributed by atoms with Crippen LogP contribution in [0.3, 0.4) is 0 Å². The number of benzene rings is 1. The molecule has 2 aliphatic heterocycles. The van der Waals surface area contributed by atoms with Gasteiger partial charge in [-0.15, -0.1) is 0 Å². The molecule has 2 saturated heterocycles. The molecule has 1 unspecified atom stereocenters. The number of amides is 1. The maximum Gasteiger partial charge on any atom is 0.256 e. The van der Waals surface area contributed by atoms with Gasteiger partial charge in [0.05, 0.1) is 5.56 Å². The number of hydrogen-bond donors (Lipinski definition) is 1. The first-order valence-corrected chi connectivity index (χ1v) is 7.35. The Morgan fingerprint density at radius 1 is 1.19 bits per heavy atom. The maximum atomic E-state index is 13.7. The molecule has 2 aliphatic rings. The average molecular weight is 295 g/mol. The van der Waals surface area contributed by atoms with Crippen LogP contribution in [0.25, 0.3) is 0 Å². The Balaban J connectivity index is 1.68. The molecular formula is C15H19F2N3O. The number of piperazine rings is 1. The van der Waals surface area contributed by atoms with E-state index >= 15 is 0 Å². The first-order chi connectivity index (χ1) is 10.2. The normalized spacial score (nSPS) is 23.5. The number of nitrogens with zero attached hydrogens (tertiary/aromatic N) is 2. The minimum Gasteiger partial charge on any atom is -0.337 e. The first-order valence-electron chi connectivity index (χ1n) is 7.35. The summed E-state index contributed by atoms with van der Waals surface area (Å²) in [6, 6.07) is 4.07. The van der Waals surface area contributed by atoms with Crippen LogP contribution in [0.1, 0.15) is 16.8 Å². The van der Waals surface area contributed by atoms with E-state index in [2.05, 4.69) is 10.2 Å². The second-order valence-electron chi connectivity index (χ2n) is 5.58. The summed E-state index contributed by atoms with van der Waals surface area (Å²) in [5.74, 6) is -2.43. The maximum absolute atomic E-state index is 13.7. The first kappa shape index (κ1) is 14.4. The number of rotatable bonds is 2. The van der Waals surface area contributed by atoms with Gasteiger partial charge in [-0.05, 0) is 18.6 Å². The summed E-state index contributed by atoms with van der Waals surface area (Å²) in [6.07, 6.45) is 0.892. The van der Waals surface area contributed by atoms with E-state index in [1.807, 2.05) is 0 Å². The average Bonchev–Trinajstić information content (AvgIpc) is 3.00. The zero-order valence-corrected chi connectivity index (χ0v) is 11.8. The number of nitrogens with one attached hydrogen (secondary N) is 1. The summed E-state index contributed by atoms with van der Waals surface area (Å²) < 4.78 is 26.9. The summed E-state index contributed by atoms with van der Waals surface area (Å²) in [5.41, 5.74) is -0.170. The van der Waals surface area contributed by atoms with Gasteiger partial charge >= 0.3 is 0 Å². The SMILES string of the molecule is O=C(c1cccc(F)c1F)N1CCC(N2CCNCC2)C1. The van der Waals surface area contributed by atoms with Gasteiger partial charge in [-0.25, -0.2) is 8.78 Å². The highest BCUT2D eigenvalue weighted by Crippen LogP contribution is 2.20. The lowest BCUT2D eigenvalue weighted by Gasteiger charge is -2.32. The molecule has 1 N–H and O–H groups in total. The summed E-state index contributed by atoms with van der Waals surface area (Å²) in [4.78, 5) is 16.3. The zero-order chi connectivity index (χ0) is 14.8. The van der Waals surface area contributed by atoms with Crippen molar-refractivity contribution in [3.63, 3.8) is 0 Å². The minimum absolute atomic E-state index is 0.170. The van der Waals surface area contributed by atoms with Crippen molar-refractivity contribution in [2.75, 3.05) is 39.3 Å². The Labute approximate surface area is 122 Å². The van der Waals surface area contributed by atoms with Crippen LogP contribution in [0.4, 0.5) is 8.78 Å². The van der Waals surface area contributed by atoms with Gasteiger partial charge in [-0.2, -0.15) is 0 Å². The van der Waals surface area contributed by atoms with Crippen LogP contribution in [-0.4, -0.2) is 61.0 Å². The van der Waals surface area contributed by atoms with Gasteiger partial charge in [0.15, 0.2) is 11.6 Å². The van der Waals surface area contributed by atoms with Gasteiger partial charge in [0.2, 0.25) is 0 Å².